The predicted octanol–water partition coefficient (Wildman–Crippen LogP) is 0.132. The topological polar surface area (TPSA) is 89.6 Å². The fourth-order valence-corrected chi connectivity index (χ4v) is 0.806. The van der Waals surface area contributed by atoms with Crippen LogP contribution in [0.1, 0.15) is 26.2 Å². The molecule has 0 radical (unpaired) electrons. The maximum absolute atomic E-state index is 10.3. The van der Waals surface area contributed by atoms with Crippen LogP contribution in [0.5, 0.6) is 0 Å². The summed E-state index contributed by atoms with van der Waals surface area (Å²) in [6, 6.07) is -0.808. The lowest BCUT2D eigenvalue weighted by Gasteiger charge is -2.05. The summed E-state index contributed by atoms with van der Waals surface area (Å²) in [5.74, 6) is -1.31. The molecule has 0 spiro atoms. The van der Waals surface area contributed by atoms with Gasteiger partial charge in [0.2, 0.25) is 0 Å². The summed E-state index contributed by atoms with van der Waals surface area (Å²) in [7, 11) is 0. The lowest BCUT2D eigenvalue weighted by Crippen LogP contribution is -2.29. The van der Waals surface area contributed by atoms with Crippen LogP contribution in [0.2, 0.25) is 0 Å². The van der Waals surface area contributed by atoms with E-state index in [4.69, 9.17) is 10.8 Å². The molecule has 0 aliphatic heterocycles. The molecule has 5 nitrogen and oxygen atoms in total. The highest BCUT2D eigenvalue weighted by Crippen LogP contribution is 1.99. The van der Waals surface area contributed by atoms with Gasteiger partial charge in [0.15, 0.2) is 0 Å². The summed E-state index contributed by atoms with van der Waals surface area (Å²) in [4.78, 5) is 20.6. The molecule has 76 valence electrons. The van der Waals surface area contributed by atoms with Gasteiger partial charge in [0.05, 0.1) is 6.61 Å². The molecule has 0 amide bonds. The Morgan fingerprint density at radius 1 is 1.46 bits per heavy atom. The number of esters is 1. The minimum Gasteiger partial charge on any atom is -0.480 e. The lowest BCUT2D eigenvalue weighted by atomic mass is 10.1. The highest BCUT2D eigenvalue weighted by Gasteiger charge is 2.09. The Hall–Kier alpha value is -1.10. The van der Waals surface area contributed by atoms with E-state index >= 15 is 0 Å². The summed E-state index contributed by atoms with van der Waals surface area (Å²) in [6.07, 6.45) is 1.72. The van der Waals surface area contributed by atoms with Crippen molar-refractivity contribution in [2.45, 2.75) is 32.2 Å². The highest BCUT2D eigenvalue weighted by atomic mass is 16.5. The zero-order valence-corrected chi connectivity index (χ0v) is 7.66. The van der Waals surface area contributed by atoms with Gasteiger partial charge < -0.3 is 15.6 Å². The molecule has 0 rings (SSSR count). The van der Waals surface area contributed by atoms with E-state index in [0.717, 1.165) is 0 Å². The van der Waals surface area contributed by atoms with E-state index in [1.54, 1.807) is 0 Å². The lowest BCUT2D eigenvalue weighted by molar-refractivity contribution is -0.141. The number of carboxylic acid groups (broad SMARTS) is 1. The molecule has 0 saturated heterocycles. The molecule has 0 aliphatic rings. The van der Waals surface area contributed by atoms with Crippen LogP contribution in [0.3, 0.4) is 0 Å². The van der Waals surface area contributed by atoms with Gasteiger partial charge in [-0.15, -0.1) is 0 Å². The number of unbranched alkanes of at least 4 members (excludes halogenated alkanes) is 1. The Morgan fingerprint density at radius 2 is 2.08 bits per heavy atom. The smallest absolute Gasteiger partial charge is 0.320 e. The van der Waals surface area contributed by atoms with Crippen LogP contribution in [0.4, 0.5) is 0 Å². The minimum atomic E-state index is -0.993. The normalized spacial score (nSPS) is 12.2. The maximum atomic E-state index is 10.3. The van der Waals surface area contributed by atoms with E-state index in [9.17, 15) is 9.59 Å². The summed E-state index contributed by atoms with van der Waals surface area (Å²) in [5, 5.41) is 8.42. The molecule has 0 bridgehead atoms. The summed E-state index contributed by atoms with van der Waals surface area (Å²) in [5.41, 5.74) is 5.25. The molecule has 0 aromatic rings. The highest BCUT2D eigenvalue weighted by molar-refractivity contribution is 5.72. The van der Waals surface area contributed by atoms with Crippen molar-refractivity contribution < 1.29 is 19.4 Å². The third-order valence-corrected chi connectivity index (χ3v) is 1.53. The zero-order chi connectivity index (χ0) is 10.3. The van der Waals surface area contributed by atoms with Crippen molar-refractivity contribution in [3.63, 3.8) is 0 Å². The number of ether oxygens (including phenoxy) is 1. The maximum Gasteiger partial charge on any atom is 0.320 e. The second kappa shape index (κ2) is 6.42. The van der Waals surface area contributed by atoms with Crippen LogP contribution in [-0.2, 0) is 14.3 Å². The Bertz CT molecular complexity index is 181. The van der Waals surface area contributed by atoms with Gasteiger partial charge in [-0.2, -0.15) is 0 Å². The van der Waals surface area contributed by atoms with Crippen LogP contribution in [0, 0.1) is 0 Å². The van der Waals surface area contributed by atoms with Gasteiger partial charge >= 0.3 is 11.9 Å². The van der Waals surface area contributed by atoms with E-state index in [1.807, 2.05) is 0 Å². The Labute approximate surface area is 76.9 Å². The molecule has 0 fully saturated rings. The number of carboxylic acids is 1. The third kappa shape index (κ3) is 7.27. The first-order valence-corrected chi connectivity index (χ1v) is 4.15. The molecule has 13 heavy (non-hydrogen) atoms. The van der Waals surface area contributed by atoms with Crippen LogP contribution in [-0.4, -0.2) is 29.7 Å². The van der Waals surface area contributed by atoms with Crippen molar-refractivity contribution in [1.82, 2.24) is 0 Å². The number of hydrogen-bond acceptors (Lipinski definition) is 4. The first kappa shape index (κ1) is 11.9. The van der Waals surface area contributed by atoms with Crippen LogP contribution >= 0.6 is 0 Å². The number of hydrogen-bond donors (Lipinski definition) is 2. The van der Waals surface area contributed by atoms with Crippen molar-refractivity contribution in [3.05, 3.63) is 0 Å². The fraction of sp³-hybridized carbons (Fsp3) is 0.750. The monoisotopic (exact) mass is 189 g/mol. The van der Waals surface area contributed by atoms with Gasteiger partial charge in [0, 0.05) is 6.92 Å². The van der Waals surface area contributed by atoms with Gasteiger partial charge in [-0.1, -0.05) is 0 Å². The molecule has 0 aliphatic carbocycles. The average Bonchev–Trinajstić information content (AvgIpc) is 2.02. The zero-order valence-electron chi connectivity index (χ0n) is 7.66. The molecule has 0 aromatic carbocycles. The third-order valence-electron chi connectivity index (χ3n) is 1.53. The SMILES string of the molecule is CC(=O)OCCCC[C@@H](N)C(=O)O. The summed E-state index contributed by atoms with van der Waals surface area (Å²) < 4.78 is 4.66. The van der Waals surface area contributed by atoms with Gasteiger partial charge in [-0.05, 0) is 19.3 Å². The standard InChI is InChI=1S/C8H15NO4/c1-6(10)13-5-3-2-4-7(9)8(11)12/h7H,2-5,9H2,1H3,(H,11,12)/t7-/m1/s1. The average molecular weight is 189 g/mol. The molecular weight excluding hydrogens is 174 g/mol. The van der Waals surface area contributed by atoms with Crippen molar-refractivity contribution in [1.29, 1.82) is 0 Å². The number of aliphatic carboxylic acids is 1. The second-order valence-electron chi connectivity index (χ2n) is 2.78. The van der Waals surface area contributed by atoms with Crippen LogP contribution < -0.4 is 5.73 Å². The van der Waals surface area contributed by atoms with E-state index in [-0.39, 0.29) is 5.97 Å². The van der Waals surface area contributed by atoms with Gasteiger partial charge in [0.25, 0.3) is 0 Å². The molecule has 3 N–H and O–H groups in total. The van der Waals surface area contributed by atoms with Gasteiger partial charge in [0.1, 0.15) is 6.04 Å². The minimum absolute atomic E-state index is 0.317. The quantitative estimate of drug-likeness (QED) is 0.458. The predicted molar refractivity (Wildman–Crippen MR) is 46.1 cm³/mol. The molecule has 0 saturated carbocycles. The Kier molecular flexibility index (Phi) is 5.88. The molecule has 5 heteroatoms. The molecule has 0 unspecified atom stereocenters. The van der Waals surface area contributed by atoms with Crippen molar-refractivity contribution >= 4 is 11.9 Å². The van der Waals surface area contributed by atoms with Crippen molar-refractivity contribution in [3.8, 4) is 0 Å². The molecular formula is C8H15NO4. The number of carbonyl (C=O) groups is 2. The number of rotatable bonds is 6. The van der Waals surface area contributed by atoms with E-state index in [0.29, 0.717) is 25.9 Å². The van der Waals surface area contributed by atoms with Crippen molar-refractivity contribution in [2.75, 3.05) is 6.61 Å². The Morgan fingerprint density at radius 3 is 2.54 bits per heavy atom. The van der Waals surface area contributed by atoms with E-state index < -0.39 is 12.0 Å². The number of carbonyl (C=O) groups excluding carboxylic acids is 1. The van der Waals surface area contributed by atoms with Crippen LogP contribution in [0.25, 0.3) is 0 Å². The van der Waals surface area contributed by atoms with E-state index in [1.165, 1.54) is 6.92 Å². The van der Waals surface area contributed by atoms with Gasteiger partial charge in [-0.3, -0.25) is 9.59 Å². The van der Waals surface area contributed by atoms with Gasteiger partial charge in [-0.25, -0.2) is 0 Å². The fourth-order valence-electron chi connectivity index (χ4n) is 0.806. The number of nitrogens with two attached hydrogens (primary N) is 1. The van der Waals surface area contributed by atoms with E-state index in [2.05, 4.69) is 4.74 Å². The molecule has 0 heterocycles. The first-order chi connectivity index (χ1) is 6.04. The largest absolute Gasteiger partial charge is 0.480 e. The molecule has 1 atom stereocenters. The first-order valence-electron chi connectivity index (χ1n) is 4.15. The summed E-state index contributed by atoms with van der Waals surface area (Å²) in [6.45, 7) is 1.67. The van der Waals surface area contributed by atoms with Crippen LogP contribution in [0.15, 0.2) is 0 Å². The molecule has 0 aromatic heterocycles. The Balaban J connectivity index is 3.26. The van der Waals surface area contributed by atoms with Crippen molar-refractivity contribution in [2.24, 2.45) is 5.73 Å². The second-order valence-corrected chi connectivity index (χ2v) is 2.78. The summed E-state index contributed by atoms with van der Waals surface area (Å²) >= 11 is 0.